The molecule has 0 bridgehead atoms. The van der Waals surface area contributed by atoms with Crippen molar-refractivity contribution in [1.82, 2.24) is 0 Å². The van der Waals surface area contributed by atoms with Gasteiger partial charge in [-0.1, -0.05) is 31.6 Å². The summed E-state index contributed by atoms with van der Waals surface area (Å²) in [7, 11) is 1.30. The minimum Gasteiger partial charge on any atom is -0.493 e. The number of hydrogen-bond acceptors (Lipinski definition) is 14. The highest BCUT2D eigenvalue weighted by Gasteiger charge is 2.70. The summed E-state index contributed by atoms with van der Waals surface area (Å²) in [4.78, 5) is 78.1. The Morgan fingerprint density at radius 1 is 1.10 bits per heavy atom. The van der Waals surface area contributed by atoms with Gasteiger partial charge in [0.05, 0.1) is 19.8 Å². The summed E-state index contributed by atoms with van der Waals surface area (Å²) in [6.45, 7) is 3.87. The number of methoxy groups -OCH3 is 1. The first-order valence-electron chi connectivity index (χ1n) is 16.7. The van der Waals surface area contributed by atoms with Gasteiger partial charge in [0.1, 0.15) is 0 Å². The maximum atomic E-state index is 14.2. The molecular weight excluding hydrogens is 670 g/mol. The Balaban J connectivity index is 1.31. The summed E-state index contributed by atoms with van der Waals surface area (Å²) in [6.07, 6.45) is 7.79. The number of benzene rings is 1. The summed E-state index contributed by atoms with van der Waals surface area (Å²) in [6, 6.07) is 4.26. The van der Waals surface area contributed by atoms with Crippen LogP contribution in [0.5, 0.6) is 11.5 Å². The normalized spacial score (nSPS) is 30.6. The van der Waals surface area contributed by atoms with Crippen LogP contribution in [-0.4, -0.2) is 78.5 Å². The van der Waals surface area contributed by atoms with Crippen molar-refractivity contribution in [1.29, 1.82) is 0 Å². The average molecular weight is 712 g/mol. The molecule has 5 rings (SSSR count). The summed E-state index contributed by atoms with van der Waals surface area (Å²) in [5.41, 5.74) is -1.87. The topological polar surface area (TPSA) is 204 Å². The molecule has 0 aliphatic heterocycles. The molecule has 1 aromatic rings. The summed E-state index contributed by atoms with van der Waals surface area (Å²) < 4.78 is 26.6. The molecule has 274 valence electrons. The van der Waals surface area contributed by atoms with Gasteiger partial charge >= 0.3 is 18.1 Å². The fourth-order valence-electron chi connectivity index (χ4n) is 8.88. The van der Waals surface area contributed by atoms with Crippen LogP contribution in [0.1, 0.15) is 58.4 Å². The first-order valence-corrected chi connectivity index (χ1v) is 16.7. The van der Waals surface area contributed by atoms with E-state index >= 15 is 0 Å². The maximum Gasteiger partial charge on any atom is 0.509 e. The van der Waals surface area contributed by atoms with Crippen LogP contribution in [0.3, 0.4) is 0 Å². The Morgan fingerprint density at radius 3 is 2.57 bits per heavy atom. The van der Waals surface area contributed by atoms with Crippen LogP contribution >= 0.6 is 0 Å². The number of ketones is 2. The molecule has 3 saturated carbocycles. The molecule has 4 aliphatic carbocycles. The van der Waals surface area contributed by atoms with Crippen LogP contribution in [0.4, 0.5) is 4.79 Å². The third kappa shape index (κ3) is 7.12. The molecule has 0 aromatic heterocycles. The largest absolute Gasteiger partial charge is 0.509 e. The lowest BCUT2D eigenvalue weighted by atomic mass is 9.46. The molecule has 1 aromatic carbocycles. The van der Waals surface area contributed by atoms with Crippen molar-refractivity contribution < 1.29 is 62.7 Å². The SMILES string of the molecule is CCOC(=O)O[C@]1(C(=O)COC(=O)/C=C/c2ccc(OC(=O)CO[N+](=O)[O-])c(OC)c2)CCC2C3CCC4=CC(=O)C=C[C@]4(C)C3[C@@H](O)C[C@@]21C. The van der Waals surface area contributed by atoms with Crippen molar-refractivity contribution in [3.05, 3.63) is 63.8 Å². The van der Waals surface area contributed by atoms with Gasteiger partial charge in [0.25, 0.3) is 5.09 Å². The molecule has 51 heavy (non-hydrogen) atoms. The van der Waals surface area contributed by atoms with E-state index in [2.05, 4.69) is 4.84 Å². The molecule has 0 heterocycles. The van der Waals surface area contributed by atoms with Crippen molar-refractivity contribution in [2.45, 2.75) is 64.6 Å². The number of aliphatic hydroxyl groups is 1. The van der Waals surface area contributed by atoms with Crippen molar-refractivity contribution in [2.75, 3.05) is 26.9 Å². The predicted molar refractivity (Wildman–Crippen MR) is 175 cm³/mol. The number of hydrogen-bond donors (Lipinski definition) is 1. The van der Waals surface area contributed by atoms with Crippen LogP contribution in [-0.2, 0) is 38.2 Å². The van der Waals surface area contributed by atoms with Gasteiger partial charge in [-0.15, -0.1) is 10.1 Å². The number of carbonyl (C=O) groups excluding carboxylic acids is 5. The van der Waals surface area contributed by atoms with E-state index in [0.717, 1.165) is 11.6 Å². The molecule has 0 saturated heterocycles. The molecule has 0 spiro atoms. The molecule has 4 aliphatic rings. The molecular formula is C36H41NO14. The third-order valence-electron chi connectivity index (χ3n) is 11.0. The standard InChI is InChI=1S/C36H41NO14/c1-5-47-33(43)51-36(15-13-25-24-9-8-22-17-23(38)12-14-34(22,2)32(24)26(39)18-35(25,36)3)29(40)19-48-30(41)11-7-21-6-10-27(28(16-21)46-4)50-31(42)20-49-37(44)45/h6-7,10-12,14,16-17,24-26,32,39H,5,8-9,13,15,18-20H2,1-4H3/b11-7+/t24?,25?,26-,32?,34-,35-,36-/m0/s1. The molecule has 1 N–H and O–H groups in total. The monoisotopic (exact) mass is 711 g/mol. The van der Waals surface area contributed by atoms with Gasteiger partial charge in [-0.3, -0.25) is 9.59 Å². The van der Waals surface area contributed by atoms with Crippen LogP contribution < -0.4 is 9.47 Å². The molecule has 3 unspecified atom stereocenters. The van der Waals surface area contributed by atoms with Gasteiger partial charge < -0.3 is 33.6 Å². The number of rotatable bonds is 12. The second-order valence-electron chi connectivity index (χ2n) is 13.6. The Morgan fingerprint density at radius 2 is 1.86 bits per heavy atom. The Kier molecular flexibility index (Phi) is 10.7. The van der Waals surface area contributed by atoms with Gasteiger partial charge in [-0.25, -0.2) is 14.4 Å². The van der Waals surface area contributed by atoms with Crippen LogP contribution in [0, 0.1) is 38.7 Å². The zero-order chi connectivity index (χ0) is 37.1. The van der Waals surface area contributed by atoms with Gasteiger partial charge in [0.15, 0.2) is 36.1 Å². The Labute approximate surface area is 293 Å². The van der Waals surface area contributed by atoms with E-state index in [4.69, 9.17) is 23.7 Å². The molecule has 0 amide bonds. The lowest BCUT2D eigenvalue weighted by molar-refractivity contribution is -0.754. The quantitative estimate of drug-likeness (QED) is 0.107. The second-order valence-corrected chi connectivity index (χ2v) is 13.6. The van der Waals surface area contributed by atoms with Crippen molar-refractivity contribution >= 4 is 35.7 Å². The summed E-state index contributed by atoms with van der Waals surface area (Å²) in [5, 5.41) is 21.0. The average Bonchev–Trinajstić information content (AvgIpc) is 3.37. The Hall–Kier alpha value is -5.05. The third-order valence-corrected chi connectivity index (χ3v) is 11.0. The van der Waals surface area contributed by atoms with Gasteiger partial charge in [-0.05, 0) is 86.8 Å². The van der Waals surface area contributed by atoms with Crippen molar-refractivity contribution in [3.63, 3.8) is 0 Å². The molecule has 0 radical (unpaired) electrons. The van der Waals surface area contributed by atoms with Gasteiger partial charge in [-0.2, -0.15) is 0 Å². The number of nitrogens with zero attached hydrogens (tertiary/aromatic N) is 1. The van der Waals surface area contributed by atoms with E-state index in [1.165, 1.54) is 31.4 Å². The van der Waals surface area contributed by atoms with E-state index < -0.39 is 64.7 Å². The van der Waals surface area contributed by atoms with Crippen LogP contribution in [0.15, 0.2) is 48.1 Å². The second kappa shape index (κ2) is 14.7. The fraction of sp³-hybridized carbons (Fsp3) is 0.528. The Bertz CT molecular complexity index is 1700. The number of fused-ring (bicyclic) bond motifs is 5. The zero-order valence-corrected chi connectivity index (χ0v) is 28.8. The predicted octanol–water partition coefficient (Wildman–Crippen LogP) is 4.13. The smallest absolute Gasteiger partial charge is 0.493 e. The minimum atomic E-state index is -1.74. The summed E-state index contributed by atoms with van der Waals surface area (Å²) >= 11 is 0. The molecule has 3 fully saturated rings. The number of esters is 2. The molecule has 15 heteroatoms. The highest BCUT2D eigenvalue weighted by Crippen LogP contribution is 2.68. The van der Waals surface area contributed by atoms with E-state index in [9.17, 15) is 39.2 Å². The molecule has 7 atom stereocenters. The minimum absolute atomic E-state index is 0.0130. The molecule has 15 nitrogen and oxygen atoms in total. The summed E-state index contributed by atoms with van der Waals surface area (Å²) in [5.74, 6) is -2.94. The first kappa shape index (κ1) is 37.2. The van der Waals surface area contributed by atoms with E-state index in [1.54, 1.807) is 19.1 Å². The van der Waals surface area contributed by atoms with E-state index in [-0.39, 0.29) is 54.5 Å². The fourth-order valence-corrected chi connectivity index (χ4v) is 8.88. The number of Topliss-reactive ketones (excluding diaryl/α,β-unsaturated/α-hetero) is 1. The first-order chi connectivity index (χ1) is 24.2. The maximum absolute atomic E-state index is 14.2. The number of carbonyl (C=O) groups is 5. The number of allylic oxidation sites excluding steroid dienone is 4. The lowest BCUT2D eigenvalue weighted by Crippen LogP contribution is -2.63. The van der Waals surface area contributed by atoms with Gasteiger partial charge in [0, 0.05) is 22.8 Å². The zero-order valence-electron chi connectivity index (χ0n) is 28.8. The van der Waals surface area contributed by atoms with Crippen LogP contribution in [0.2, 0.25) is 0 Å². The lowest BCUT2D eigenvalue weighted by Gasteiger charge is -2.59. The number of ether oxygens (including phenoxy) is 5. The van der Waals surface area contributed by atoms with E-state index in [0.29, 0.717) is 24.8 Å². The highest BCUT2D eigenvalue weighted by atomic mass is 17.0. The van der Waals surface area contributed by atoms with Crippen LogP contribution in [0.25, 0.3) is 6.08 Å². The van der Waals surface area contributed by atoms with Gasteiger partial charge in [0.2, 0.25) is 5.78 Å². The number of aliphatic hydroxyl groups excluding tert-OH is 1. The highest BCUT2D eigenvalue weighted by molar-refractivity contribution is 6.01. The van der Waals surface area contributed by atoms with E-state index in [1.807, 2.05) is 19.9 Å². The van der Waals surface area contributed by atoms with Crippen molar-refractivity contribution in [2.24, 2.45) is 28.6 Å². The van der Waals surface area contributed by atoms with Crippen molar-refractivity contribution in [3.8, 4) is 11.5 Å².